The summed E-state index contributed by atoms with van der Waals surface area (Å²) < 4.78 is 31.8. The van der Waals surface area contributed by atoms with E-state index in [9.17, 15) is 13.6 Å². The molecule has 0 saturated carbocycles. The van der Waals surface area contributed by atoms with Crippen LogP contribution in [0.4, 0.5) is 8.78 Å². The minimum Gasteiger partial charge on any atom is -0.493 e. The van der Waals surface area contributed by atoms with Gasteiger partial charge in [-0.15, -0.1) is 0 Å². The molecule has 21 heavy (non-hydrogen) atoms. The molecule has 0 aromatic heterocycles. The van der Waals surface area contributed by atoms with Crippen LogP contribution in [-0.2, 0) is 12.8 Å². The number of benzene rings is 2. The van der Waals surface area contributed by atoms with Crippen molar-refractivity contribution in [3.8, 4) is 5.75 Å². The molecule has 3 rings (SSSR count). The monoisotopic (exact) mass is 288 g/mol. The first-order chi connectivity index (χ1) is 10.1. The highest BCUT2D eigenvalue weighted by atomic mass is 19.1. The molecule has 1 heterocycles. The maximum absolute atomic E-state index is 13.5. The molecule has 0 fully saturated rings. The normalized spacial score (nSPS) is 12.9. The molecule has 0 amide bonds. The predicted octanol–water partition coefficient (Wildman–Crippen LogP) is 3.72. The summed E-state index contributed by atoms with van der Waals surface area (Å²) in [6.07, 6.45) is 1.61. The Morgan fingerprint density at radius 2 is 2.00 bits per heavy atom. The van der Waals surface area contributed by atoms with E-state index >= 15 is 0 Å². The Morgan fingerprint density at radius 3 is 2.81 bits per heavy atom. The molecule has 0 saturated heterocycles. The Balaban J connectivity index is 1.68. The fraction of sp³-hybridized carbons (Fsp3) is 0.235. The van der Waals surface area contributed by atoms with Crippen LogP contribution in [0.5, 0.6) is 5.75 Å². The Labute approximate surface area is 121 Å². The van der Waals surface area contributed by atoms with Gasteiger partial charge in [0.2, 0.25) is 0 Å². The molecule has 0 atom stereocenters. The van der Waals surface area contributed by atoms with E-state index in [4.69, 9.17) is 4.74 Å². The molecule has 2 aromatic rings. The molecule has 2 aromatic carbocycles. The molecule has 0 unspecified atom stereocenters. The van der Waals surface area contributed by atoms with Gasteiger partial charge in [-0.3, -0.25) is 4.79 Å². The number of hydrogen-bond donors (Lipinski definition) is 0. The lowest BCUT2D eigenvalue weighted by Crippen LogP contribution is -2.04. The summed E-state index contributed by atoms with van der Waals surface area (Å²) in [6.45, 7) is 0.693. The number of halogens is 2. The summed E-state index contributed by atoms with van der Waals surface area (Å²) in [5, 5.41) is 0. The van der Waals surface area contributed by atoms with Crippen molar-refractivity contribution in [2.24, 2.45) is 0 Å². The minimum absolute atomic E-state index is 0.0547. The third kappa shape index (κ3) is 2.94. The number of carbonyl (C=O) groups is 1. The van der Waals surface area contributed by atoms with Crippen LogP contribution in [0.1, 0.15) is 27.9 Å². The summed E-state index contributed by atoms with van der Waals surface area (Å²) in [7, 11) is 0. The van der Waals surface area contributed by atoms with Crippen LogP contribution < -0.4 is 4.74 Å². The van der Waals surface area contributed by atoms with Crippen molar-refractivity contribution >= 4 is 5.78 Å². The Morgan fingerprint density at radius 1 is 1.14 bits per heavy atom. The summed E-state index contributed by atoms with van der Waals surface area (Å²) in [4.78, 5) is 12.0. The Kier molecular flexibility index (Phi) is 3.69. The predicted molar refractivity (Wildman–Crippen MR) is 74.7 cm³/mol. The molecule has 2 nitrogen and oxygen atoms in total. The van der Waals surface area contributed by atoms with E-state index < -0.39 is 11.6 Å². The van der Waals surface area contributed by atoms with E-state index in [-0.39, 0.29) is 17.8 Å². The number of aryl methyl sites for hydroxylation is 1. The van der Waals surface area contributed by atoms with Crippen LogP contribution >= 0.6 is 0 Å². The molecule has 0 spiro atoms. The van der Waals surface area contributed by atoms with Crippen LogP contribution in [0.15, 0.2) is 36.4 Å². The topological polar surface area (TPSA) is 26.3 Å². The van der Waals surface area contributed by atoms with Gasteiger partial charge in [-0.1, -0.05) is 12.1 Å². The molecular weight excluding hydrogens is 274 g/mol. The highest BCUT2D eigenvalue weighted by Crippen LogP contribution is 2.26. The molecule has 4 heteroatoms. The summed E-state index contributed by atoms with van der Waals surface area (Å²) in [5.41, 5.74) is 2.11. The maximum Gasteiger partial charge on any atom is 0.166 e. The first-order valence-corrected chi connectivity index (χ1v) is 6.86. The van der Waals surface area contributed by atoms with Crippen molar-refractivity contribution in [3.63, 3.8) is 0 Å². The van der Waals surface area contributed by atoms with E-state index in [1.54, 1.807) is 0 Å². The van der Waals surface area contributed by atoms with Crippen molar-refractivity contribution < 1.29 is 18.3 Å². The first-order valence-electron chi connectivity index (χ1n) is 6.86. The Hall–Kier alpha value is -2.23. The number of fused-ring (bicyclic) bond motifs is 1. The zero-order valence-electron chi connectivity index (χ0n) is 11.4. The fourth-order valence-corrected chi connectivity index (χ4v) is 2.50. The van der Waals surface area contributed by atoms with Crippen molar-refractivity contribution in [3.05, 3.63) is 64.7 Å². The minimum atomic E-state index is -0.803. The van der Waals surface area contributed by atoms with Crippen LogP contribution in [0.3, 0.4) is 0 Å². The van der Waals surface area contributed by atoms with E-state index in [1.807, 2.05) is 18.2 Å². The van der Waals surface area contributed by atoms with Crippen molar-refractivity contribution in [2.45, 2.75) is 19.3 Å². The second kappa shape index (κ2) is 5.64. The fourth-order valence-electron chi connectivity index (χ4n) is 2.50. The molecule has 0 radical (unpaired) electrons. The van der Waals surface area contributed by atoms with Gasteiger partial charge in [0.15, 0.2) is 5.78 Å². The first kappa shape index (κ1) is 13.7. The molecule has 108 valence electrons. The van der Waals surface area contributed by atoms with Gasteiger partial charge in [-0.25, -0.2) is 8.78 Å². The van der Waals surface area contributed by atoms with E-state index in [2.05, 4.69) is 0 Å². The van der Waals surface area contributed by atoms with Crippen molar-refractivity contribution in [2.75, 3.05) is 6.61 Å². The summed E-state index contributed by atoms with van der Waals surface area (Å²) >= 11 is 0. The zero-order chi connectivity index (χ0) is 14.8. The molecule has 1 aliphatic heterocycles. The van der Waals surface area contributed by atoms with Crippen LogP contribution in [0, 0.1) is 11.6 Å². The van der Waals surface area contributed by atoms with Gasteiger partial charge in [0.1, 0.15) is 17.4 Å². The van der Waals surface area contributed by atoms with Gasteiger partial charge in [-0.05, 0) is 35.7 Å². The third-order valence-corrected chi connectivity index (χ3v) is 3.63. The summed E-state index contributed by atoms with van der Waals surface area (Å²) in [6, 6.07) is 8.88. The summed E-state index contributed by atoms with van der Waals surface area (Å²) in [5.74, 6) is -0.899. The highest BCUT2D eigenvalue weighted by Gasteiger charge is 2.15. The van der Waals surface area contributed by atoms with Gasteiger partial charge in [0.25, 0.3) is 0 Å². The number of ketones is 1. The van der Waals surface area contributed by atoms with Gasteiger partial charge >= 0.3 is 0 Å². The van der Waals surface area contributed by atoms with Gasteiger partial charge in [0, 0.05) is 18.9 Å². The lowest BCUT2D eigenvalue weighted by molar-refractivity contribution is 0.0979. The maximum atomic E-state index is 13.5. The standard InChI is InChI=1S/C17H14F2O2/c18-13-3-4-14(15(19)10-13)16(20)5-1-11-2-6-17-12(9-11)7-8-21-17/h2-4,6,9-10H,1,5,7-8H2. The SMILES string of the molecule is O=C(CCc1ccc2c(c1)CCO2)c1ccc(F)cc1F. The molecule has 0 N–H and O–H groups in total. The second-order valence-electron chi connectivity index (χ2n) is 5.09. The molecular formula is C17H14F2O2. The van der Waals surface area contributed by atoms with Crippen molar-refractivity contribution in [1.29, 1.82) is 0 Å². The molecule has 0 bridgehead atoms. The zero-order valence-corrected chi connectivity index (χ0v) is 11.4. The van der Waals surface area contributed by atoms with Crippen molar-refractivity contribution in [1.82, 2.24) is 0 Å². The third-order valence-electron chi connectivity index (χ3n) is 3.63. The number of rotatable bonds is 4. The molecule has 1 aliphatic rings. The lowest BCUT2D eigenvalue weighted by atomic mass is 10.0. The molecule has 0 aliphatic carbocycles. The van der Waals surface area contributed by atoms with Gasteiger partial charge < -0.3 is 4.74 Å². The quantitative estimate of drug-likeness (QED) is 0.802. The van der Waals surface area contributed by atoms with E-state index in [1.165, 1.54) is 6.07 Å². The van der Waals surface area contributed by atoms with Crippen LogP contribution in [0.25, 0.3) is 0 Å². The average Bonchev–Trinajstić information content (AvgIpc) is 2.92. The lowest BCUT2D eigenvalue weighted by Gasteiger charge is -2.05. The highest BCUT2D eigenvalue weighted by molar-refractivity contribution is 5.96. The van der Waals surface area contributed by atoms with E-state index in [0.717, 1.165) is 35.4 Å². The number of hydrogen-bond acceptors (Lipinski definition) is 2. The number of ether oxygens (including phenoxy) is 1. The largest absolute Gasteiger partial charge is 0.493 e. The van der Waals surface area contributed by atoms with E-state index in [0.29, 0.717) is 13.0 Å². The number of Topliss-reactive ketones (excluding diaryl/α,β-unsaturated/α-hetero) is 1. The van der Waals surface area contributed by atoms with Gasteiger partial charge in [-0.2, -0.15) is 0 Å². The van der Waals surface area contributed by atoms with Gasteiger partial charge in [0.05, 0.1) is 12.2 Å². The number of carbonyl (C=O) groups excluding carboxylic acids is 1. The second-order valence-corrected chi connectivity index (χ2v) is 5.09. The van der Waals surface area contributed by atoms with Crippen LogP contribution in [0.2, 0.25) is 0 Å². The Bertz CT molecular complexity index is 695. The average molecular weight is 288 g/mol. The smallest absolute Gasteiger partial charge is 0.166 e. The van der Waals surface area contributed by atoms with Crippen LogP contribution in [-0.4, -0.2) is 12.4 Å².